The van der Waals surface area contributed by atoms with Gasteiger partial charge in [0.2, 0.25) is 10.0 Å². The molecule has 1 aromatic carbocycles. The molecule has 0 aromatic heterocycles. The molecule has 1 aliphatic rings. The zero-order valence-electron chi connectivity index (χ0n) is 12.0. The first-order valence-corrected chi connectivity index (χ1v) is 8.69. The highest BCUT2D eigenvalue weighted by molar-refractivity contribution is 7.90. The molecule has 1 atom stereocenters. The van der Waals surface area contributed by atoms with Gasteiger partial charge in [0.1, 0.15) is 5.82 Å². The lowest BCUT2D eigenvalue weighted by Crippen LogP contribution is -2.37. The predicted octanol–water partition coefficient (Wildman–Crippen LogP) is 1.85. The van der Waals surface area contributed by atoms with Crippen molar-refractivity contribution < 1.29 is 22.3 Å². The minimum atomic E-state index is -3.73. The van der Waals surface area contributed by atoms with Gasteiger partial charge in [-0.1, -0.05) is 12.1 Å². The molecular weight excluding hydrogens is 309 g/mol. The van der Waals surface area contributed by atoms with Gasteiger partial charge in [-0.2, -0.15) is 0 Å². The Labute approximate surface area is 129 Å². The molecule has 1 unspecified atom stereocenters. The number of halogens is 1. The second-order valence-electron chi connectivity index (χ2n) is 5.12. The van der Waals surface area contributed by atoms with Crippen LogP contribution in [0.2, 0.25) is 0 Å². The molecule has 1 aromatic rings. The molecule has 5 nitrogen and oxygen atoms in total. The van der Waals surface area contributed by atoms with Crippen molar-refractivity contribution in [2.24, 2.45) is 0 Å². The van der Waals surface area contributed by atoms with Gasteiger partial charge in [-0.15, -0.1) is 0 Å². The van der Waals surface area contributed by atoms with Gasteiger partial charge in [0, 0.05) is 12.7 Å². The van der Waals surface area contributed by atoms with E-state index < -0.39 is 15.9 Å². The molecule has 1 N–H and O–H groups in total. The van der Waals surface area contributed by atoms with Gasteiger partial charge in [-0.3, -0.25) is 4.79 Å². The van der Waals surface area contributed by atoms with Crippen LogP contribution in [0, 0.1) is 5.82 Å². The summed E-state index contributed by atoms with van der Waals surface area (Å²) in [6.07, 6.45) is 4.70. The average Bonchev–Trinajstić information content (AvgIpc) is 2.46. The Morgan fingerprint density at radius 1 is 1.32 bits per heavy atom. The van der Waals surface area contributed by atoms with Crippen molar-refractivity contribution in [1.29, 1.82) is 0 Å². The van der Waals surface area contributed by atoms with Crippen LogP contribution in [0.3, 0.4) is 0 Å². The van der Waals surface area contributed by atoms with Crippen LogP contribution in [-0.2, 0) is 19.6 Å². The van der Waals surface area contributed by atoms with E-state index in [2.05, 4.69) is 0 Å². The first-order valence-electron chi connectivity index (χ1n) is 7.04. The van der Waals surface area contributed by atoms with Crippen LogP contribution in [-0.4, -0.2) is 32.8 Å². The Balaban J connectivity index is 1.88. The van der Waals surface area contributed by atoms with Crippen LogP contribution >= 0.6 is 0 Å². The summed E-state index contributed by atoms with van der Waals surface area (Å²) in [7, 11) is -3.73. The molecule has 22 heavy (non-hydrogen) atoms. The summed E-state index contributed by atoms with van der Waals surface area (Å²) >= 11 is 0. The summed E-state index contributed by atoms with van der Waals surface area (Å²) in [5.41, 5.74) is 0.601. The second-order valence-corrected chi connectivity index (χ2v) is 6.89. The molecule has 120 valence electrons. The standard InChI is InChI=1S/C15H18FNO4S/c16-13-7-4-12(5-8-13)6-9-15(18)17-22(19,20)11-14-3-1-2-10-21-14/h4-9,14H,1-3,10-11H2,(H,17,18)/b9-6+. The largest absolute Gasteiger partial charge is 0.377 e. The number of rotatable bonds is 5. The SMILES string of the molecule is O=C(/C=C/c1ccc(F)cc1)NS(=O)(=O)CC1CCCCO1. The average molecular weight is 327 g/mol. The highest BCUT2D eigenvalue weighted by Gasteiger charge is 2.22. The fraction of sp³-hybridized carbons (Fsp3) is 0.400. The Morgan fingerprint density at radius 2 is 2.05 bits per heavy atom. The van der Waals surface area contributed by atoms with Gasteiger partial charge >= 0.3 is 0 Å². The summed E-state index contributed by atoms with van der Waals surface area (Å²) in [6, 6.07) is 5.50. The number of carbonyl (C=O) groups excluding carboxylic acids is 1. The lowest BCUT2D eigenvalue weighted by Gasteiger charge is -2.22. The molecular formula is C15H18FNO4S. The van der Waals surface area contributed by atoms with E-state index in [4.69, 9.17) is 4.74 Å². The topological polar surface area (TPSA) is 72.5 Å². The van der Waals surface area contributed by atoms with Crippen molar-refractivity contribution in [1.82, 2.24) is 4.72 Å². The van der Waals surface area contributed by atoms with Gasteiger partial charge in [0.05, 0.1) is 11.9 Å². The lowest BCUT2D eigenvalue weighted by atomic mass is 10.1. The molecule has 1 saturated heterocycles. The third-order valence-electron chi connectivity index (χ3n) is 3.23. The maximum absolute atomic E-state index is 12.7. The van der Waals surface area contributed by atoms with E-state index in [1.54, 1.807) is 0 Å². The molecule has 0 radical (unpaired) electrons. The Bertz CT molecular complexity index is 634. The van der Waals surface area contributed by atoms with Crippen LogP contribution in [0.15, 0.2) is 30.3 Å². The molecule has 1 amide bonds. The first kappa shape index (κ1) is 16.6. The molecule has 7 heteroatoms. The van der Waals surface area contributed by atoms with Crippen molar-refractivity contribution >= 4 is 22.0 Å². The van der Waals surface area contributed by atoms with Gasteiger partial charge < -0.3 is 4.74 Å². The number of amides is 1. The molecule has 2 rings (SSSR count). The summed E-state index contributed by atoms with van der Waals surface area (Å²) in [5.74, 6) is -1.33. The minimum Gasteiger partial charge on any atom is -0.377 e. The first-order chi connectivity index (χ1) is 10.4. The zero-order chi connectivity index (χ0) is 16.0. The number of hydrogen-bond donors (Lipinski definition) is 1. The van der Waals surface area contributed by atoms with Crippen LogP contribution in [0.1, 0.15) is 24.8 Å². The number of nitrogens with one attached hydrogen (secondary N) is 1. The van der Waals surface area contributed by atoms with Gasteiger partial charge in [0.15, 0.2) is 0 Å². The van der Waals surface area contributed by atoms with Crippen LogP contribution in [0.5, 0.6) is 0 Å². The quantitative estimate of drug-likeness (QED) is 0.838. The molecule has 0 aliphatic carbocycles. The van der Waals surface area contributed by atoms with Crippen molar-refractivity contribution in [2.45, 2.75) is 25.4 Å². The zero-order valence-corrected chi connectivity index (χ0v) is 12.8. The number of sulfonamides is 1. The monoisotopic (exact) mass is 327 g/mol. The van der Waals surface area contributed by atoms with Crippen LogP contribution in [0.4, 0.5) is 4.39 Å². The van der Waals surface area contributed by atoms with E-state index in [-0.39, 0.29) is 17.7 Å². The smallest absolute Gasteiger partial charge is 0.257 e. The third kappa shape index (κ3) is 5.57. The summed E-state index contributed by atoms with van der Waals surface area (Å²) in [6.45, 7) is 0.554. The molecule has 0 bridgehead atoms. The van der Waals surface area contributed by atoms with E-state index in [0.717, 1.165) is 18.9 Å². The molecule has 0 saturated carbocycles. The minimum absolute atomic E-state index is 0.219. The number of benzene rings is 1. The lowest BCUT2D eigenvalue weighted by molar-refractivity contribution is -0.114. The normalized spacial score (nSPS) is 19.2. The molecule has 1 heterocycles. The highest BCUT2D eigenvalue weighted by atomic mass is 32.2. The third-order valence-corrected chi connectivity index (χ3v) is 4.56. The number of hydrogen-bond acceptors (Lipinski definition) is 4. The number of carbonyl (C=O) groups is 1. The van der Waals surface area contributed by atoms with Crippen molar-refractivity contribution in [3.05, 3.63) is 41.7 Å². The van der Waals surface area contributed by atoms with Gasteiger partial charge in [0.25, 0.3) is 5.91 Å². The van der Waals surface area contributed by atoms with Crippen molar-refractivity contribution in [3.8, 4) is 0 Å². The van der Waals surface area contributed by atoms with E-state index in [0.29, 0.717) is 18.6 Å². The molecule has 0 spiro atoms. The summed E-state index contributed by atoms with van der Waals surface area (Å²) in [4.78, 5) is 11.6. The van der Waals surface area contributed by atoms with Crippen LogP contribution < -0.4 is 4.72 Å². The molecule has 1 fully saturated rings. The fourth-order valence-electron chi connectivity index (χ4n) is 2.16. The van der Waals surface area contributed by atoms with Gasteiger partial charge in [-0.25, -0.2) is 17.5 Å². The number of ether oxygens (including phenoxy) is 1. The van der Waals surface area contributed by atoms with E-state index in [1.807, 2.05) is 4.72 Å². The fourth-order valence-corrected chi connectivity index (χ4v) is 3.37. The summed E-state index contributed by atoms with van der Waals surface area (Å²) in [5, 5.41) is 0. The second kappa shape index (κ2) is 7.51. The Hall–Kier alpha value is -1.73. The van der Waals surface area contributed by atoms with E-state index in [9.17, 15) is 17.6 Å². The molecule has 1 aliphatic heterocycles. The van der Waals surface area contributed by atoms with Crippen molar-refractivity contribution in [3.63, 3.8) is 0 Å². The maximum Gasteiger partial charge on any atom is 0.257 e. The summed E-state index contributed by atoms with van der Waals surface area (Å²) < 4.78 is 43.8. The Kier molecular flexibility index (Phi) is 5.68. The maximum atomic E-state index is 12.7. The van der Waals surface area contributed by atoms with Crippen molar-refractivity contribution in [2.75, 3.05) is 12.4 Å². The predicted molar refractivity (Wildman–Crippen MR) is 81.0 cm³/mol. The van der Waals surface area contributed by atoms with Gasteiger partial charge in [-0.05, 0) is 43.0 Å². The van der Waals surface area contributed by atoms with Crippen LogP contribution in [0.25, 0.3) is 6.08 Å². The van der Waals surface area contributed by atoms with E-state index in [1.165, 1.54) is 30.3 Å². The van der Waals surface area contributed by atoms with E-state index >= 15 is 0 Å². The highest BCUT2D eigenvalue weighted by Crippen LogP contribution is 2.14. The Morgan fingerprint density at radius 3 is 2.68 bits per heavy atom.